The van der Waals surface area contributed by atoms with Gasteiger partial charge in [-0.1, -0.05) is 109 Å². The summed E-state index contributed by atoms with van der Waals surface area (Å²) in [5.41, 5.74) is 7.35. The molecule has 0 aliphatic rings. The number of aromatic nitrogens is 3. The Balaban J connectivity index is 1.51. The lowest BCUT2D eigenvalue weighted by atomic mass is 9.88. The summed E-state index contributed by atoms with van der Waals surface area (Å²) in [6.45, 7) is 0. The van der Waals surface area contributed by atoms with Crippen molar-refractivity contribution < 1.29 is 0 Å². The van der Waals surface area contributed by atoms with E-state index in [2.05, 4.69) is 126 Å². The van der Waals surface area contributed by atoms with Crippen LogP contribution in [0.5, 0.6) is 0 Å². The predicted molar refractivity (Wildman–Crippen MR) is 171 cm³/mol. The molecule has 0 atom stereocenters. The van der Waals surface area contributed by atoms with E-state index in [9.17, 15) is 0 Å². The third-order valence-electron chi connectivity index (χ3n) is 8.37. The molecule has 0 amide bonds. The third kappa shape index (κ3) is 3.20. The zero-order valence-electron chi connectivity index (χ0n) is 22.1. The van der Waals surface area contributed by atoms with E-state index in [4.69, 9.17) is 10.1 Å². The SMILES string of the molecule is c1ccc(-c2c(-c3cc4cccc5ccc6cccc3c6c54)nn3c(-c4ccccn4)cc4ccccc4c23)cc1. The number of fused-ring (bicyclic) bond motifs is 3. The lowest BCUT2D eigenvalue weighted by Gasteiger charge is -2.14. The molecule has 0 fully saturated rings. The van der Waals surface area contributed by atoms with Crippen molar-refractivity contribution in [1.29, 1.82) is 0 Å². The van der Waals surface area contributed by atoms with Crippen LogP contribution >= 0.6 is 0 Å². The molecule has 190 valence electrons. The monoisotopic (exact) mass is 521 g/mol. The maximum Gasteiger partial charge on any atom is 0.102 e. The highest BCUT2D eigenvalue weighted by Crippen LogP contribution is 2.45. The molecule has 0 aliphatic carbocycles. The fraction of sp³-hybridized carbons (Fsp3) is 0. The minimum atomic E-state index is 0.895. The molecule has 9 aromatic rings. The maximum atomic E-state index is 5.47. The van der Waals surface area contributed by atoms with Crippen LogP contribution in [0, 0.1) is 0 Å². The predicted octanol–water partition coefficient (Wildman–Crippen LogP) is 9.78. The van der Waals surface area contributed by atoms with Crippen molar-refractivity contribution in [3.63, 3.8) is 0 Å². The van der Waals surface area contributed by atoms with Gasteiger partial charge in [0.1, 0.15) is 5.69 Å². The molecule has 0 unspecified atom stereocenters. The number of pyridine rings is 2. The van der Waals surface area contributed by atoms with Gasteiger partial charge in [0.15, 0.2) is 0 Å². The summed E-state index contributed by atoms with van der Waals surface area (Å²) in [6, 6.07) is 47.6. The van der Waals surface area contributed by atoms with Crippen LogP contribution in [0.1, 0.15) is 0 Å². The first-order valence-electron chi connectivity index (χ1n) is 13.9. The van der Waals surface area contributed by atoms with Crippen molar-refractivity contribution >= 4 is 48.6 Å². The molecule has 0 aliphatic heterocycles. The third-order valence-corrected chi connectivity index (χ3v) is 8.37. The average Bonchev–Trinajstić information content (AvgIpc) is 3.45. The van der Waals surface area contributed by atoms with Gasteiger partial charge < -0.3 is 0 Å². The van der Waals surface area contributed by atoms with Gasteiger partial charge in [0.05, 0.1) is 16.9 Å². The van der Waals surface area contributed by atoms with Crippen LogP contribution in [0.15, 0.2) is 140 Å². The summed E-state index contributed by atoms with van der Waals surface area (Å²) in [5, 5.41) is 15.4. The normalized spacial score (nSPS) is 11.9. The van der Waals surface area contributed by atoms with E-state index in [1.807, 2.05) is 18.3 Å². The average molecular weight is 522 g/mol. The molecule has 6 aromatic carbocycles. The van der Waals surface area contributed by atoms with E-state index < -0.39 is 0 Å². The number of benzene rings is 6. The Morgan fingerprint density at radius 3 is 2.07 bits per heavy atom. The summed E-state index contributed by atoms with van der Waals surface area (Å²) >= 11 is 0. The fourth-order valence-electron chi connectivity index (χ4n) is 6.61. The van der Waals surface area contributed by atoms with Gasteiger partial charge in [-0.05, 0) is 67.5 Å². The Bertz CT molecular complexity index is 2400. The van der Waals surface area contributed by atoms with Gasteiger partial charge in [-0.15, -0.1) is 0 Å². The molecule has 3 heterocycles. The molecule has 0 radical (unpaired) electrons. The Morgan fingerprint density at radius 1 is 0.512 bits per heavy atom. The topological polar surface area (TPSA) is 30.2 Å². The van der Waals surface area contributed by atoms with Crippen LogP contribution in [-0.2, 0) is 0 Å². The molecule has 0 saturated carbocycles. The highest BCUT2D eigenvalue weighted by Gasteiger charge is 2.24. The van der Waals surface area contributed by atoms with Crippen LogP contribution in [0.25, 0.3) is 82.4 Å². The molecule has 0 bridgehead atoms. The first-order chi connectivity index (χ1) is 20.3. The molecule has 3 nitrogen and oxygen atoms in total. The summed E-state index contributed by atoms with van der Waals surface area (Å²) in [5.74, 6) is 0. The molecular weight excluding hydrogens is 498 g/mol. The Hall–Kier alpha value is -5.54. The standard InChI is InChI=1S/C38H23N3/c1-2-10-24(11-3-1)36-37(31-22-28-15-8-13-25-19-20-26-14-9-17-30(31)35(26)34(25)28)40-41-33(32-18-6-7-21-39-32)23-27-12-4-5-16-29(27)38(36)41/h1-23H. The van der Waals surface area contributed by atoms with Crippen LogP contribution in [0.3, 0.4) is 0 Å². The number of hydrogen-bond acceptors (Lipinski definition) is 2. The van der Waals surface area contributed by atoms with Gasteiger partial charge in [0, 0.05) is 22.7 Å². The molecule has 0 spiro atoms. The molecule has 9 rings (SSSR count). The van der Waals surface area contributed by atoms with Crippen molar-refractivity contribution in [2.24, 2.45) is 0 Å². The molecule has 0 saturated heterocycles. The zero-order chi connectivity index (χ0) is 26.9. The summed E-state index contributed by atoms with van der Waals surface area (Å²) in [7, 11) is 0. The Morgan fingerprint density at radius 2 is 1.22 bits per heavy atom. The summed E-state index contributed by atoms with van der Waals surface area (Å²) in [6.07, 6.45) is 1.85. The van der Waals surface area contributed by atoms with Crippen molar-refractivity contribution in [3.8, 4) is 33.8 Å². The molecule has 0 N–H and O–H groups in total. The highest BCUT2D eigenvalue weighted by atomic mass is 15.2. The van der Waals surface area contributed by atoms with E-state index in [0.29, 0.717) is 0 Å². The summed E-state index contributed by atoms with van der Waals surface area (Å²) < 4.78 is 2.12. The largest absolute Gasteiger partial charge is 0.255 e. The van der Waals surface area contributed by atoms with Crippen molar-refractivity contribution in [2.75, 3.05) is 0 Å². The van der Waals surface area contributed by atoms with Crippen LogP contribution < -0.4 is 0 Å². The Labute approximate surface area is 236 Å². The van der Waals surface area contributed by atoms with E-state index in [-0.39, 0.29) is 0 Å². The van der Waals surface area contributed by atoms with Gasteiger partial charge in [-0.2, -0.15) is 5.10 Å². The highest BCUT2D eigenvalue weighted by molar-refractivity contribution is 6.27. The number of hydrogen-bond donors (Lipinski definition) is 0. The van der Waals surface area contributed by atoms with E-state index in [1.54, 1.807) is 0 Å². The van der Waals surface area contributed by atoms with Crippen LogP contribution in [0.2, 0.25) is 0 Å². The van der Waals surface area contributed by atoms with Crippen molar-refractivity contribution in [3.05, 3.63) is 140 Å². The fourth-order valence-corrected chi connectivity index (χ4v) is 6.61. The minimum Gasteiger partial charge on any atom is -0.255 e. The molecular formula is C38H23N3. The second kappa shape index (κ2) is 8.48. The second-order valence-corrected chi connectivity index (χ2v) is 10.7. The molecule has 3 aromatic heterocycles. The zero-order valence-corrected chi connectivity index (χ0v) is 22.1. The molecule has 41 heavy (non-hydrogen) atoms. The smallest absolute Gasteiger partial charge is 0.102 e. The van der Waals surface area contributed by atoms with Gasteiger partial charge in [-0.25, -0.2) is 4.52 Å². The van der Waals surface area contributed by atoms with Crippen molar-refractivity contribution in [1.82, 2.24) is 14.6 Å². The van der Waals surface area contributed by atoms with Gasteiger partial charge in [0.25, 0.3) is 0 Å². The quantitative estimate of drug-likeness (QED) is 0.217. The van der Waals surface area contributed by atoms with E-state index in [0.717, 1.165) is 39.3 Å². The van der Waals surface area contributed by atoms with E-state index in [1.165, 1.54) is 43.1 Å². The first kappa shape index (κ1) is 22.3. The van der Waals surface area contributed by atoms with Crippen LogP contribution in [0.4, 0.5) is 0 Å². The lowest BCUT2D eigenvalue weighted by molar-refractivity contribution is 0.973. The lowest BCUT2D eigenvalue weighted by Crippen LogP contribution is -1.97. The summed E-state index contributed by atoms with van der Waals surface area (Å²) in [4.78, 5) is 4.74. The minimum absolute atomic E-state index is 0.895. The number of nitrogens with zero attached hydrogens (tertiary/aromatic N) is 3. The van der Waals surface area contributed by atoms with Crippen molar-refractivity contribution in [2.45, 2.75) is 0 Å². The Kier molecular flexibility index (Phi) is 4.61. The first-order valence-corrected chi connectivity index (χ1v) is 13.9. The molecule has 3 heteroatoms. The van der Waals surface area contributed by atoms with Gasteiger partial charge >= 0.3 is 0 Å². The second-order valence-electron chi connectivity index (χ2n) is 10.7. The van der Waals surface area contributed by atoms with Crippen LogP contribution in [-0.4, -0.2) is 14.6 Å². The maximum absolute atomic E-state index is 5.47. The van der Waals surface area contributed by atoms with Gasteiger partial charge in [-0.3, -0.25) is 4.98 Å². The van der Waals surface area contributed by atoms with E-state index >= 15 is 0 Å². The van der Waals surface area contributed by atoms with Gasteiger partial charge in [0.2, 0.25) is 0 Å². The number of rotatable bonds is 3.